The molecule has 9 nitrogen and oxygen atoms in total. The first kappa shape index (κ1) is 26.2. The molecule has 0 aromatic carbocycles. The molecule has 0 aliphatic carbocycles. The number of H-pyrrole nitrogens is 1. The number of hydrogen-bond acceptors (Lipinski definition) is 7. The van der Waals surface area contributed by atoms with Gasteiger partial charge in [-0.3, -0.25) is 4.79 Å². The van der Waals surface area contributed by atoms with Crippen molar-refractivity contribution in [1.82, 2.24) is 30.3 Å². The van der Waals surface area contributed by atoms with E-state index in [9.17, 15) is 18.0 Å². The van der Waals surface area contributed by atoms with E-state index < -0.39 is 11.7 Å². The monoisotopic (exact) mass is 531 g/mol. The minimum Gasteiger partial charge on any atom is -0.361 e. The molecule has 5 heterocycles. The van der Waals surface area contributed by atoms with Crippen LogP contribution < -0.4 is 10.6 Å². The normalized spacial score (nSPS) is 19.8. The highest BCUT2D eigenvalue weighted by Crippen LogP contribution is 2.39. The molecular weight excluding hydrogens is 499 g/mol. The van der Waals surface area contributed by atoms with Gasteiger partial charge in [0.1, 0.15) is 17.0 Å². The van der Waals surface area contributed by atoms with Gasteiger partial charge in [0.05, 0.1) is 17.9 Å². The molecule has 5 rings (SSSR count). The lowest BCUT2D eigenvalue weighted by Gasteiger charge is -2.36. The first-order valence-electron chi connectivity index (χ1n) is 12.8. The summed E-state index contributed by atoms with van der Waals surface area (Å²) >= 11 is 0. The molecule has 0 spiro atoms. The van der Waals surface area contributed by atoms with Gasteiger partial charge in [-0.2, -0.15) is 13.2 Å². The molecule has 1 saturated heterocycles. The molecule has 0 radical (unpaired) electrons. The highest BCUT2D eigenvalue weighted by molar-refractivity contribution is 5.96. The summed E-state index contributed by atoms with van der Waals surface area (Å²) in [5, 5.41) is 10.6. The lowest BCUT2D eigenvalue weighted by molar-refractivity contribution is -0.137. The average molecular weight is 532 g/mol. The Balaban J connectivity index is 1.46. The second-order valence-electron chi connectivity index (χ2n) is 10.8. The Hall–Kier alpha value is -3.41. The SMILES string of the molecule is Cc1noc(C)c1CN1CCCc2c(-c3nc(N[C@H]4CCC(C)(C)NC4)ncc3C(F)(F)F)c[nH]c2C1=O. The lowest BCUT2D eigenvalue weighted by atomic mass is 9.91. The van der Waals surface area contributed by atoms with Gasteiger partial charge < -0.3 is 25.0 Å². The van der Waals surface area contributed by atoms with Gasteiger partial charge in [-0.1, -0.05) is 5.16 Å². The molecule has 0 bridgehead atoms. The highest BCUT2D eigenvalue weighted by atomic mass is 19.4. The fraction of sp³-hybridized carbons (Fsp3) is 0.538. The number of aromatic nitrogens is 4. The summed E-state index contributed by atoms with van der Waals surface area (Å²) in [6, 6.07) is -0.00425. The average Bonchev–Trinajstić information content (AvgIpc) is 3.37. The van der Waals surface area contributed by atoms with E-state index in [0.29, 0.717) is 49.5 Å². The van der Waals surface area contributed by atoms with E-state index in [1.54, 1.807) is 11.8 Å². The molecule has 3 aromatic heterocycles. The lowest BCUT2D eigenvalue weighted by Crippen LogP contribution is -2.50. The van der Waals surface area contributed by atoms with Crippen LogP contribution in [0.5, 0.6) is 0 Å². The third-order valence-electron chi connectivity index (χ3n) is 7.50. The van der Waals surface area contributed by atoms with E-state index in [2.05, 4.69) is 44.6 Å². The van der Waals surface area contributed by atoms with Crippen LogP contribution in [0.1, 0.15) is 71.7 Å². The summed E-state index contributed by atoms with van der Waals surface area (Å²) in [5.74, 6) is 0.495. The quantitative estimate of drug-likeness (QED) is 0.440. The van der Waals surface area contributed by atoms with Crippen molar-refractivity contribution < 1.29 is 22.5 Å². The summed E-state index contributed by atoms with van der Waals surface area (Å²) in [4.78, 5) is 26.4. The number of fused-ring (bicyclic) bond motifs is 1. The molecule has 2 aliphatic heterocycles. The van der Waals surface area contributed by atoms with Gasteiger partial charge in [-0.15, -0.1) is 0 Å². The molecule has 1 amide bonds. The van der Waals surface area contributed by atoms with Crippen LogP contribution in [0.25, 0.3) is 11.3 Å². The first-order valence-corrected chi connectivity index (χ1v) is 12.8. The number of aromatic amines is 1. The van der Waals surface area contributed by atoms with E-state index in [4.69, 9.17) is 4.52 Å². The van der Waals surface area contributed by atoms with Crippen molar-refractivity contribution in [2.24, 2.45) is 0 Å². The standard InChI is InChI=1S/C26H32F3N7O2/c1-14-19(15(2)38-35-14)13-36-9-5-6-17-18(11-30-22(17)23(36)37)21-20(26(27,28)29)12-31-24(34-21)33-16-7-8-25(3,4)32-10-16/h11-12,16,30,32H,5-10,13H2,1-4H3,(H,31,33,34)/t16-/m0/s1. The minimum atomic E-state index is -4.65. The predicted molar refractivity (Wildman–Crippen MR) is 135 cm³/mol. The van der Waals surface area contributed by atoms with Gasteiger partial charge in [0.25, 0.3) is 5.91 Å². The Morgan fingerprint density at radius 1 is 1.29 bits per heavy atom. The number of carbonyl (C=O) groups excluding carboxylic acids is 1. The van der Waals surface area contributed by atoms with Gasteiger partial charge in [0, 0.05) is 48.2 Å². The topological polar surface area (TPSA) is 112 Å². The van der Waals surface area contributed by atoms with E-state index in [0.717, 1.165) is 24.6 Å². The van der Waals surface area contributed by atoms with E-state index in [1.165, 1.54) is 6.20 Å². The van der Waals surface area contributed by atoms with Crippen molar-refractivity contribution in [2.45, 2.75) is 77.7 Å². The molecule has 1 atom stereocenters. The molecule has 3 N–H and O–H groups in total. The molecule has 204 valence electrons. The number of rotatable bonds is 5. The van der Waals surface area contributed by atoms with Gasteiger partial charge in [-0.05, 0) is 58.9 Å². The number of nitrogens with zero attached hydrogens (tertiary/aromatic N) is 4. The van der Waals surface area contributed by atoms with Crippen LogP contribution >= 0.6 is 0 Å². The van der Waals surface area contributed by atoms with Crippen molar-refractivity contribution in [2.75, 3.05) is 18.4 Å². The van der Waals surface area contributed by atoms with Crippen molar-refractivity contribution in [1.29, 1.82) is 0 Å². The van der Waals surface area contributed by atoms with Crippen molar-refractivity contribution in [3.8, 4) is 11.3 Å². The maximum atomic E-state index is 14.0. The predicted octanol–water partition coefficient (Wildman–Crippen LogP) is 4.63. The molecule has 1 fully saturated rings. The fourth-order valence-corrected chi connectivity index (χ4v) is 5.19. The molecule has 2 aliphatic rings. The van der Waals surface area contributed by atoms with Crippen LogP contribution in [0.3, 0.4) is 0 Å². The fourth-order valence-electron chi connectivity index (χ4n) is 5.19. The number of aryl methyl sites for hydroxylation is 2. The largest absolute Gasteiger partial charge is 0.419 e. The zero-order chi connectivity index (χ0) is 27.2. The number of piperidine rings is 1. The van der Waals surface area contributed by atoms with Gasteiger partial charge >= 0.3 is 6.18 Å². The Morgan fingerprint density at radius 3 is 2.74 bits per heavy atom. The van der Waals surface area contributed by atoms with E-state index in [-0.39, 0.29) is 40.4 Å². The Labute approximate surface area is 218 Å². The van der Waals surface area contributed by atoms with Crippen LogP contribution in [-0.2, 0) is 19.1 Å². The molecule has 0 saturated carbocycles. The summed E-state index contributed by atoms with van der Waals surface area (Å²) in [6.07, 6.45) is 0.404. The van der Waals surface area contributed by atoms with Gasteiger partial charge in [-0.25, -0.2) is 9.97 Å². The third kappa shape index (κ3) is 5.13. The second kappa shape index (κ2) is 9.72. The number of alkyl halides is 3. The summed E-state index contributed by atoms with van der Waals surface area (Å²) in [7, 11) is 0. The number of amides is 1. The molecular formula is C26H32F3N7O2. The van der Waals surface area contributed by atoms with Gasteiger partial charge in [0.2, 0.25) is 5.95 Å². The summed E-state index contributed by atoms with van der Waals surface area (Å²) < 4.78 is 47.4. The maximum absolute atomic E-state index is 14.0. The first-order chi connectivity index (χ1) is 17.9. The van der Waals surface area contributed by atoms with Crippen LogP contribution in [0, 0.1) is 13.8 Å². The Kier molecular flexibility index (Phi) is 6.70. The van der Waals surface area contributed by atoms with Gasteiger partial charge in [0.15, 0.2) is 0 Å². The third-order valence-corrected chi connectivity index (χ3v) is 7.50. The van der Waals surface area contributed by atoms with E-state index >= 15 is 0 Å². The van der Waals surface area contributed by atoms with Crippen molar-refractivity contribution in [3.05, 3.63) is 46.2 Å². The highest BCUT2D eigenvalue weighted by Gasteiger charge is 2.38. The van der Waals surface area contributed by atoms with Crippen molar-refractivity contribution >= 4 is 11.9 Å². The number of anilines is 1. The van der Waals surface area contributed by atoms with E-state index in [1.807, 2.05) is 6.92 Å². The minimum absolute atomic E-state index is 0.00425. The molecule has 0 unspecified atom stereocenters. The zero-order valence-corrected chi connectivity index (χ0v) is 21.9. The number of carbonyl (C=O) groups is 1. The smallest absolute Gasteiger partial charge is 0.361 e. The Bertz CT molecular complexity index is 1320. The van der Waals surface area contributed by atoms with Crippen LogP contribution in [0.2, 0.25) is 0 Å². The van der Waals surface area contributed by atoms with Crippen LogP contribution in [0.15, 0.2) is 16.9 Å². The summed E-state index contributed by atoms with van der Waals surface area (Å²) in [6.45, 7) is 9.26. The Morgan fingerprint density at radius 2 is 2.08 bits per heavy atom. The second-order valence-corrected chi connectivity index (χ2v) is 10.8. The van der Waals surface area contributed by atoms with Crippen LogP contribution in [-0.4, -0.2) is 55.6 Å². The molecule has 3 aromatic rings. The number of nitrogens with one attached hydrogen (secondary N) is 3. The molecule has 38 heavy (non-hydrogen) atoms. The van der Waals surface area contributed by atoms with Crippen LogP contribution in [0.4, 0.5) is 19.1 Å². The number of hydrogen-bond donors (Lipinski definition) is 3. The molecule has 12 heteroatoms. The van der Waals surface area contributed by atoms with Crippen molar-refractivity contribution in [3.63, 3.8) is 0 Å². The zero-order valence-electron chi connectivity index (χ0n) is 21.9. The summed E-state index contributed by atoms with van der Waals surface area (Å²) in [5.41, 5.74) is 1.48. The number of halogens is 3. The maximum Gasteiger partial charge on any atom is 0.419 e.